The van der Waals surface area contributed by atoms with Gasteiger partial charge in [-0.15, -0.1) is 0 Å². The molecular weight excluding hydrogens is 332 g/mol. The fourth-order valence-electron chi connectivity index (χ4n) is 4.41. The van der Waals surface area contributed by atoms with Gasteiger partial charge in [0, 0.05) is 16.5 Å². The Hall–Kier alpha value is -2.48. The van der Waals surface area contributed by atoms with E-state index in [4.69, 9.17) is 0 Å². The van der Waals surface area contributed by atoms with Gasteiger partial charge in [0.25, 0.3) is 0 Å². The summed E-state index contributed by atoms with van der Waals surface area (Å²) < 4.78 is 0. The minimum atomic E-state index is -0.0788. The van der Waals surface area contributed by atoms with Crippen molar-refractivity contribution in [3.63, 3.8) is 0 Å². The topological polar surface area (TPSA) is 40.5 Å². The Bertz CT molecular complexity index is 774. The van der Waals surface area contributed by atoms with Crippen LogP contribution in [0.25, 0.3) is 12.2 Å². The Balaban J connectivity index is 2.19. The van der Waals surface area contributed by atoms with Crippen molar-refractivity contribution < 1.29 is 10.2 Å². The van der Waals surface area contributed by atoms with Crippen LogP contribution in [-0.4, -0.2) is 10.2 Å². The van der Waals surface area contributed by atoms with Gasteiger partial charge in [-0.25, -0.2) is 0 Å². The Labute approximate surface area is 162 Å². The first-order chi connectivity index (χ1) is 13.1. The van der Waals surface area contributed by atoms with Gasteiger partial charge in [-0.2, -0.15) is 0 Å². The third kappa shape index (κ3) is 3.95. The molecule has 0 aromatic heterocycles. The quantitative estimate of drug-likeness (QED) is 0.587. The van der Waals surface area contributed by atoms with Crippen molar-refractivity contribution >= 4 is 12.2 Å². The summed E-state index contributed by atoms with van der Waals surface area (Å²) in [6.07, 6.45) is 14.9. The predicted octanol–water partition coefficient (Wildman–Crippen LogP) is 6.80. The maximum atomic E-state index is 10.2. The number of hydrogen-bond acceptors (Lipinski definition) is 2. The summed E-state index contributed by atoms with van der Waals surface area (Å²) in [6.45, 7) is 3.94. The molecule has 1 aliphatic rings. The summed E-state index contributed by atoms with van der Waals surface area (Å²) in [5, 5.41) is 20.5. The molecule has 27 heavy (non-hydrogen) atoms. The van der Waals surface area contributed by atoms with Crippen LogP contribution in [0.15, 0.2) is 48.6 Å². The fourth-order valence-corrected chi connectivity index (χ4v) is 4.41. The average Bonchev–Trinajstić information content (AvgIpc) is 2.93. The van der Waals surface area contributed by atoms with E-state index in [1.807, 2.05) is 50.3 Å². The molecular formula is C25H30O2. The molecule has 0 saturated heterocycles. The van der Waals surface area contributed by atoms with E-state index < -0.39 is 0 Å². The molecule has 0 heterocycles. The van der Waals surface area contributed by atoms with E-state index in [1.165, 1.54) is 36.8 Å². The fraction of sp³-hybridized carbons (Fsp3) is 0.360. The third-order valence-electron chi connectivity index (χ3n) is 5.81. The lowest BCUT2D eigenvalue weighted by atomic mass is 9.68. The van der Waals surface area contributed by atoms with Crippen LogP contribution in [-0.2, 0) is 5.41 Å². The summed E-state index contributed by atoms with van der Waals surface area (Å²) >= 11 is 0. The standard InChI is InChI=1S/C25H30O2/c1-3-9-19-17-21(11-13-23(19)26)25(15-7-5-6-8-16-25)22-12-14-24(27)20(18-22)10-4-2/h3-4,9-14,17-18,26-27H,5-8,15-16H2,1-2H3. The first-order valence-corrected chi connectivity index (χ1v) is 10.0. The molecule has 1 aliphatic carbocycles. The summed E-state index contributed by atoms with van der Waals surface area (Å²) in [7, 11) is 0. The van der Waals surface area contributed by atoms with Gasteiger partial charge in [-0.05, 0) is 62.1 Å². The van der Waals surface area contributed by atoms with Crippen LogP contribution < -0.4 is 0 Å². The number of aromatic hydroxyl groups is 2. The van der Waals surface area contributed by atoms with Gasteiger partial charge in [0.15, 0.2) is 0 Å². The highest BCUT2D eigenvalue weighted by molar-refractivity contribution is 5.62. The average molecular weight is 363 g/mol. The van der Waals surface area contributed by atoms with Crippen LogP contribution >= 0.6 is 0 Å². The van der Waals surface area contributed by atoms with Crippen LogP contribution in [0.5, 0.6) is 11.5 Å². The smallest absolute Gasteiger partial charge is 0.122 e. The minimum absolute atomic E-state index is 0.0788. The zero-order valence-corrected chi connectivity index (χ0v) is 16.4. The van der Waals surface area contributed by atoms with Crippen molar-refractivity contribution in [3.8, 4) is 11.5 Å². The van der Waals surface area contributed by atoms with Crippen molar-refractivity contribution in [1.82, 2.24) is 0 Å². The molecule has 1 fully saturated rings. The summed E-state index contributed by atoms with van der Waals surface area (Å²) in [6, 6.07) is 12.1. The number of phenolic OH excluding ortho intramolecular Hbond substituents is 2. The first kappa shape index (κ1) is 19.3. The van der Waals surface area contributed by atoms with Gasteiger partial charge in [0.2, 0.25) is 0 Å². The Morgan fingerprint density at radius 1 is 0.704 bits per heavy atom. The molecule has 2 heteroatoms. The Morgan fingerprint density at radius 3 is 1.56 bits per heavy atom. The van der Waals surface area contributed by atoms with Gasteiger partial charge in [0.1, 0.15) is 11.5 Å². The normalized spacial score (nSPS) is 17.4. The number of rotatable bonds is 4. The van der Waals surface area contributed by atoms with E-state index in [0.717, 1.165) is 24.0 Å². The molecule has 0 aliphatic heterocycles. The third-order valence-corrected chi connectivity index (χ3v) is 5.81. The Kier molecular flexibility index (Phi) is 6.05. The van der Waals surface area contributed by atoms with E-state index in [0.29, 0.717) is 11.5 Å². The second kappa shape index (κ2) is 8.47. The summed E-state index contributed by atoms with van der Waals surface area (Å²) in [4.78, 5) is 0. The molecule has 2 N–H and O–H groups in total. The van der Waals surface area contributed by atoms with E-state index in [-0.39, 0.29) is 5.41 Å². The lowest BCUT2D eigenvalue weighted by Crippen LogP contribution is -2.27. The Morgan fingerprint density at radius 2 is 1.15 bits per heavy atom. The molecule has 0 atom stereocenters. The summed E-state index contributed by atoms with van der Waals surface area (Å²) in [5.74, 6) is 0.641. The van der Waals surface area contributed by atoms with Crippen LogP contribution in [0, 0.1) is 0 Å². The molecule has 2 aromatic rings. The second-order valence-corrected chi connectivity index (χ2v) is 7.54. The first-order valence-electron chi connectivity index (χ1n) is 10.0. The predicted molar refractivity (Wildman–Crippen MR) is 114 cm³/mol. The van der Waals surface area contributed by atoms with Crippen LogP contribution in [0.1, 0.15) is 74.6 Å². The molecule has 0 amide bonds. The minimum Gasteiger partial charge on any atom is -0.507 e. The molecule has 0 spiro atoms. The zero-order chi connectivity index (χ0) is 19.3. The van der Waals surface area contributed by atoms with Gasteiger partial charge in [0.05, 0.1) is 0 Å². The maximum absolute atomic E-state index is 10.2. The monoisotopic (exact) mass is 362 g/mol. The van der Waals surface area contributed by atoms with E-state index in [9.17, 15) is 10.2 Å². The van der Waals surface area contributed by atoms with Crippen molar-refractivity contribution in [1.29, 1.82) is 0 Å². The molecule has 0 unspecified atom stereocenters. The lowest BCUT2D eigenvalue weighted by Gasteiger charge is -2.35. The van der Waals surface area contributed by atoms with Gasteiger partial charge < -0.3 is 10.2 Å². The van der Waals surface area contributed by atoms with E-state index >= 15 is 0 Å². The molecule has 1 saturated carbocycles. The molecule has 2 nitrogen and oxygen atoms in total. The van der Waals surface area contributed by atoms with Crippen molar-refractivity contribution in [2.45, 2.75) is 57.8 Å². The van der Waals surface area contributed by atoms with E-state index in [2.05, 4.69) is 24.3 Å². The number of hydrogen-bond donors (Lipinski definition) is 2. The summed E-state index contributed by atoms with van der Waals surface area (Å²) in [5.41, 5.74) is 4.17. The highest BCUT2D eigenvalue weighted by Gasteiger charge is 2.35. The van der Waals surface area contributed by atoms with Gasteiger partial charge in [-0.1, -0.05) is 62.1 Å². The van der Waals surface area contributed by atoms with Crippen molar-refractivity contribution in [3.05, 3.63) is 70.8 Å². The maximum Gasteiger partial charge on any atom is 0.122 e. The number of allylic oxidation sites excluding steroid dienone is 2. The molecule has 0 bridgehead atoms. The van der Waals surface area contributed by atoms with Crippen LogP contribution in [0.2, 0.25) is 0 Å². The largest absolute Gasteiger partial charge is 0.507 e. The zero-order valence-electron chi connectivity index (χ0n) is 16.4. The number of benzene rings is 2. The highest BCUT2D eigenvalue weighted by Crippen LogP contribution is 2.46. The van der Waals surface area contributed by atoms with E-state index in [1.54, 1.807) is 0 Å². The molecule has 0 radical (unpaired) electrons. The van der Waals surface area contributed by atoms with Gasteiger partial charge >= 0.3 is 0 Å². The van der Waals surface area contributed by atoms with Crippen molar-refractivity contribution in [2.24, 2.45) is 0 Å². The van der Waals surface area contributed by atoms with Crippen molar-refractivity contribution in [2.75, 3.05) is 0 Å². The van der Waals surface area contributed by atoms with Gasteiger partial charge in [-0.3, -0.25) is 0 Å². The number of phenols is 2. The van der Waals surface area contributed by atoms with Crippen LogP contribution in [0.3, 0.4) is 0 Å². The lowest BCUT2D eigenvalue weighted by molar-refractivity contribution is 0.439. The molecule has 3 rings (SSSR count). The molecule has 2 aromatic carbocycles. The SMILES string of the molecule is CC=Cc1cc(C2(c3ccc(O)c(C=CC)c3)CCCCCC2)ccc1O. The molecule has 142 valence electrons. The highest BCUT2D eigenvalue weighted by atomic mass is 16.3. The van der Waals surface area contributed by atoms with Crippen LogP contribution in [0.4, 0.5) is 0 Å². The second-order valence-electron chi connectivity index (χ2n) is 7.54.